The fraction of sp³-hybridized carbons (Fsp3) is 0.429. The fourth-order valence-corrected chi connectivity index (χ4v) is 2.38. The number of benzene rings is 1. The zero-order chi connectivity index (χ0) is 13.7. The largest absolute Gasteiger partial charge is 0.464 e. The van der Waals surface area contributed by atoms with E-state index in [4.69, 9.17) is 4.74 Å². The lowest BCUT2D eigenvalue weighted by Gasteiger charge is -2.16. The molecule has 1 unspecified atom stereocenters. The first-order valence-electron chi connectivity index (χ1n) is 5.78. The third-order valence-corrected chi connectivity index (χ3v) is 3.67. The zero-order valence-electron chi connectivity index (χ0n) is 11.1. The Morgan fingerprint density at radius 1 is 1.22 bits per heavy atom. The van der Waals surface area contributed by atoms with E-state index in [1.807, 2.05) is 32.0 Å². The maximum Gasteiger partial charge on any atom is 0.302 e. The summed E-state index contributed by atoms with van der Waals surface area (Å²) in [5.74, 6) is -0.326. The number of hydrogen-bond donors (Lipinski definition) is 0. The molecule has 98 valence electrons. The highest BCUT2D eigenvalue weighted by atomic mass is 32.2. The van der Waals surface area contributed by atoms with Gasteiger partial charge in [0.2, 0.25) is 0 Å². The second kappa shape index (κ2) is 6.59. The van der Waals surface area contributed by atoms with Crippen molar-refractivity contribution >= 4 is 22.8 Å². The number of carbonyl (C=O) groups excluding carboxylic acids is 2. The maximum absolute atomic E-state index is 11.2. The van der Waals surface area contributed by atoms with Crippen LogP contribution < -0.4 is 0 Å². The van der Waals surface area contributed by atoms with Crippen LogP contribution in [0.25, 0.3) is 0 Å². The SMILES string of the molecule is CC(=O)OCC(SC(C)=O)c1ccc(C)c(C)c1. The highest BCUT2D eigenvalue weighted by Gasteiger charge is 2.16. The van der Waals surface area contributed by atoms with E-state index in [1.165, 1.54) is 36.7 Å². The molecule has 0 fully saturated rings. The minimum Gasteiger partial charge on any atom is -0.464 e. The van der Waals surface area contributed by atoms with E-state index in [0.29, 0.717) is 0 Å². The van der Waals surface area contributed by atoms with Gasteiger partial charge in [0.25, 0.3) is 0 Å². The van der Waals surface area contributed by atoms with Crippen molar-refractivity contribution in [1.82, 2.24) is 0 Å². The number of aryl methyl sites for hydroxylation is 2. The number of ether oxygens (including phenoxy) is 1. The molecule has 0 radical (unpaired) electrons. The molecule has 0 aliphatic carbocycles. The van der Waals surface area contributed by atoms with E-state index >= 15 is 0 Å². The van der Waals surface area contributed by atoms with E-state index in [9.17, 15) is 9.59 Å². The molecule has 0 saturated carbocycles. The van der Waals surface area contributed by atoms with Crippen molar-refractivity contribution in [2.24, 2.45) is 0 Å². The summed E-state index contributed by atoms with van der Waals surface area (Å²) in [6, 6.07) is 6.04. The van der Waals surface area contributed by atoms with Gasteiger partial charge >= 0.3 is 5.97 Å². The first kappa shape index (κ1) is 14.8. The van der Waals surface area contributed by atoms with Gasteiger partial charge in [-0.05, 0) is 30.5 Å². The Morgan fingerprint density at radius 2 is 1.89 bits per heavy atom. The molecule has 0 saturated heterocycles. The molecule has 0 amide bonds. The van der Waals surface area contributed by atoms with Gasteiger partial charge in [0, 0.05) is 13.8 Å². The van der Waals surface area contributed by atoms with Crippen LogP contribution in [0.15, 0.2) is 18.2 Å². The summed E-state index contributed by atoms with van der Waals surface area (Å²) in [6.45, 7) is 7.18. The van der Waals surface area contributed by atoms with Crippen LogP contribution in [0.1, 0.15) is 35.8 Å². The molecule has 0 aromatic heterocycles. The minimum atomic E-state index is -0.326. The molecule has 4 heteroatoms. The lowest BCUT2D eigenvalue weighted by Crippen LogP contribution is -2.10. The van der Waals surface area contributed by atoms with Gasteiger partial charge in [-0.3, -0.25) is 9.59 Å². The van der Waals surface area contributed by atoms with Crippen molar-refractivity contribution in [3.05, 3.63) is 34.9 Å². The molecule has 1 rings (SSSR count). The average Bonchev–Trinajstić information content (AvgIpc) is 2.27. The summed E-state index contributed by atoms with van der Waals surface area (Å²) in [6.07, 6.45) is 0. The zero-order valence-corrected chi connectivity index (χ0v) is 12.0. The molecule has 3 nitrogen and oxygen atoms in total. The first-order chi connectivity index (χ1) is 8.40. The second-order valence-corrected chi connectivity index (χ2v) is 5.62. The van der Waals surface area contributed by atoms with Crippen molar-refractivity contribution in [3.8, 4) is 0 Å². The van der Waals surface area contributed by atoms with Gasteiger partial charge < -0.3 is 4.74 Å². The Kier molecular flexibility index (Phi) is 5.41. The lowest BCUT2D eigenvalue weighted by atomic mass is 10.0. The van der Waals surface area contributed by atoms with Gasteiger partial charge in [-0.2, -0.15) is 0 Å². The van der Waals surface area contributed by atoms with Crippen LogP contribution in [0.5, 0.6) is 0 Å². The fourth-order valence-electron chi connectivity index (χ4n) is 1.56. The van der Waals surface area contributed by atoms with Crippen LogP contribution >= 0.6 is 11.8 Å². The monoisotopic (exact) mass is 266 g/mol. The van der Waals surface area contributed by atoms with Crippen LogP contribution in [0, 0.1) is 13.8 Å². The molecule has 1 atom stereocenters. The molecule has 0 bridgehead atoms. The quantitative estimate of drug-likeness (QED) is 0.785. The molecule has 1 aromatic carbocycles. The highest BCUT2D eigenvalue weighted by molar-refractivity contribution is 8.13. The van der Waals surface area contributed by atoms with Crippen LogP contribution in [-0.2, 0) is 14.3 Å². The van der Waals surface area contributed by atoms with Crippen molar-refractivity contribution in [2.75, 3.05) is 6.61 Å². The van der Waals surface area contributed by atoms with Crippen molar-refractivity contribution < 1.29 is 14.3 Å². The first-order valence-corrected chi connectivity index (χ1v) is 6.66. The summed E-state index contributed by atoms with van der Waals surface area (Å²) >= 11 is 1.19. The van der Waals surface area contributed by atoms with Crippen LogP contribution in [0.2, 0.25) is 0 Å². The minimum absolute atomic E-state index is 0.0189. The van der Waals surface area contributed by atoms with Gasteiger partial charge in [-0.15, -0.1) is 0 Å². The molecule has 0 N–H and O–H groups in total. The van der Waals surface area contributed by atoms with E-state index in [-0.39, 0.29) is 22.9 Å². The average molecular weight is 266 g/mol. The van der Waals surface area contributed by atoms with Gasteiger partial charge in [0.15, 0.2) is 5.12 Å². The van der Waals surface area contributed by atoms with Gasteiger partial charge in [0.05, 0.1) is 5.25 Å². The Balaban J connectivity index is 2.89. The summed E-state index contributed by atoms with van der Waals surface area (Å²) in [5.41, 5.74) is 3.39. The van der Waals surface area contributed by atoms with E-state index in [1.54, 1.807) is 0 Å². The summed E-state index contributed by atoms with van der Waals surface area (Å²) in [5, 5.41) is -0.115. The molecule has 0 heterocycles. The third-order valence-electron chi connectivity index (χ3n) is 2.65. The number of rotatable bonds is 4. The maximum atomic E-state index is 11.2. The standard InChI is InChI=1S/C14H18O3S/c1-9-5-6-13(7-10(9)2)14(18-12(4)16)8-17-11(3)15/h5-7,14H,8H2,1-4H3. The number of esters is 1. The Hall–Kier alpha value is -1.29. The number of carbonyl (C=O) groups is 2. The van der Waals surface area contributed by atoms with E-state index in [0.717, 1.165) is 5.56 Å². The third kappa shape index (κ3) is 4.53. The Bertz CT molecular complexity index is 454. The molecular weight excluding hydrogens is 248 g/mol. The predicted molar refractivity (Wildman–Crippen MR) is 73.6 cm³/mol. The molecular formula is C14H18O3S. The summed E-state index contributed by atoms with van der Waals surface area (Å²) in [7, 11) is 0. The highest BCUT2D eigenvalue weighted by Crippen LogP contribution is 2.30. The van der Waals surface area contributed by atoms with Gasteiger partial charge in [-0.1, -0.05) is 30.0 Å². The Morgan fingerprint density at radius 3 is 2.39 bits per heavy atom. The predicted octanol–water partition coefficient (Wildman–Crippen LogP) is 3.19. The summed E-state index contributed by atoms with van der Waals surface area (Å²) < 4.78 is 5.02. The molecule has 0 aliphatic heterocycles. The van der Waals surface area contributed by atoms with Crippen molar-refractivity contribution in [2.45, 2.75) is 32.9 Å². The van der Waals surface area contributed by atoms with Gasteiger partial charge in [-0.25, -0.2) is 0 Å². The normalized spacial score (nSPS) is 12.0. The van der Waals surface area contributed by atoms with E-state index in [2.05, 4.69) is 0 Å². The molecule has 0 spiro atoms. The number of hydrogen-bond acceptors (Lipinski definition) is 4. The summed E-state index contributed by atoms with van der Waals surface area (Å²) in [4.78, 5) is 22.1. The van der Waals surface area contributed by atoms with Gasteiger partial charge in [0.1, 0.15) is 6.61 Å². The van der Waals surface area contributed by atoms with Crippen molar-refractivity contribution in [3.63, 3.8) is 0 Å². The van der Waals surface area contributed by atoms with Crippen LogP contribution in [-0.4, -0.2) is 17.7 Å². The lowest BCUT2D eigenvalue weighted by molar-refractivity contribution is -0.140. The molecule has 18 heavy (non-hydrogen) atoms. The van der Waals surface area contributed by atoms with Crippen LogP contribution in [0.4, 0.5) is 0 Å². The van der Waals surface area contributed by atoms with Crippen LogP contribution in [0.3, 0.4) is 0 Å². The Labute approximate surface area is 112 Å². The molecule has 1 aromatic rings. The topological polar surface area (TPSA) is 43.4 Å². The molecule has 0 aliphatic rings. The number of thioether (sulfide) groups is 1. The second-order valence-electron chi connectivity index (χ2n) is 4.24. The smallest absolute Gasteiger partial charge is 0.302 e. The van der Waals surface area contributed by atoms with E-state index < -0.39 is 0 Å². The van der Waals surface area contributed by atoms with Crippen molar-refractivity contribution in [1.29, 1.82) is 0 Å².